The highest BCUT2D eigenvalue weighted by Gasteiger charge is 2.09. The van der Waals surface area contributed by atoms with E-state index in [-0.39, 0.29) is 5.56 Å². The van der Waals surface area contributed by atoms with Gasteiger partial charge in [-0.05, 0) is 30.0 Å². The van der Waals surface area contributed by atoms with E-state index in [0.717, 1.165) is 23.2 Å². The number of aryl methyl sites for hydroxylation is 1. The predicted molar refractivity (Wildman–Crippen MR) is 76.3 cm³/mol. The minimum Gasteiger partial charge on any atom is -0.326 e. The van der Waals surface area contributed by atoms with Crippen molar-refractivity contribution in [3.63, 3.8) is 0 Å². The number of hydrogen-bond donors (Lipinski definition) is 2. The molecule has 18 heavy (non-hydrogen) atoms. The summed E-state index contributed by atoms with van der Waals surface area (Å²) < 4.78 is 0. The van der Waals surface area contributed by atoms with E-state index in [1.807, 2.05) is 19.1 Å². The Hall–Kier alpha value is -1.32. The normalized spacial score (nSPS) is 11.4. The van der Waals surface area contributed by atoms with E-state index < -0.39 is 0 Å². The second-order valence-electron chi connectivity index (χ2n) is 4.78. The summed E-state index contributed by atoms with van der Waals surface area (Å²) >= 11 is 5.94. The Balaban J connectivity index is 2.61. The zero-order valence-corrected chi connectivity index (χ0v) is 11.6. The Kier molecular flexibility index (Phi) is 3.73. The van der Waals surface area contributed by atoms with Gasteiger partial charge in [0.1, 0.15) is 0 Å². The van der Waals surface area contributed by atoms with Crippen LogP contribution in [-0.4, -0.2) is 11.0 Å². The number of nitrogens with one attached hydrogen (secondary N) is 2. The lowest BCUT2D eigenvalue weighted by atomic mass is 10.0. The van der Waals surface area contributed by atoms with Crippen molar-refractivity contribution >= 4 is 22.4 Å². The molecule has 2 rings (SSSR count). The van der Waals surface area contributed by atoms with E-state index in [2.05, 4.69) is 24.1 Å². The molecule has 0 aliphatic rings. The molecule has 1 aromatic carbocycles. The molecular formula is C14H17ClN2O. The summed E-state index contributed by atoms with van der Waals surface area (Å²) in [6, 6.07) is 5.85. The molecule has 0 fully saturated rings. The number of benzene rings is 1. The Morgan fingerprint density at radius 3 is 2.72 bits per heavy atom. The van der Waals surface area contributed by atoms with Crippen LogP contribution in [-0.2, 0) is 6.54 Å². The van der Waals surface area contributed by atoms with Crippen LogP contribution in [0.1, 0.15) is 25.1 Å². The number of halogens is 1. The SMILES string of the molecule is Cc1[nH]c(=O)c2cc(Cl)ccc2c1CNC(C)C. The van der Waals surface area contributed by atoms with Gasteiger partial charge in [0.05, 0.1) is 0 Å². The molecule has 3 nitrogen and oxygen atoms in total. The Bertz CT molecular complexity index is 631. The number of aromatic amines is 1. The summed E-state index contributed by atoms with van der Waals surface area (Å²) in [4.78, 5) is 14.8. The highest BCUT2D eigenvalue weighted by atomic mass is 35.5. The zero-order valence-electron chi connectivity index (χ0n) is 10.8. The van der Waals surface area contributed by atoms with Gasteiger partial charge in [0.25, 0.3) is 5.56 Å². The van der Waals surface area contributed by atoms with Crippen molar-refractivity contribution < 1.29 is 0 Å². The summed E-state index contributed by atoms with van der Waals surface area (Å²) in [5.74, 6) is 0. The zero-order chi connectivity index (χ0) is 13.3. The Labute approximate surface area is 111 Å². The number of pyridine rings is 1. The molecule has 0 aliphatic carbocycles. The molecule has 0 bridgehead atoms. The first-order valence-corrected chi connectivity index (χ1v) is 6.41. The van der Waals surface area contributed by atoms with E-state index in [1.165, 1.54) is 0 Å². The van der Waals surface area contributed by atoms with Crippen LogP contribution in [0.15, 0.2) is 23.0 Å². The van der Waals surface area contributed by atoms with Gasteiger partial charge in [0.15, 0.2) is 0 Å². The van der Waals surface area contributed by atoms with Crippen LogP contribution in [0.4, 0.5) is 0 Å². The summed E-state index contributed by atoms with van der Waals surface area (Å²) in [6.07, 6.45) is 0. The molecule has 1 heterocycles. The second kappa shape index (κ2) is 5.12. The first-order chi connectivity index (χ1) is 8.49. The molecule has 0 radical (unpaired) electrons. The lowest BCUT2D eigenvalue weighted by Crippen LogP contribution is -2.23. The lowest BCUT2D eigenvalue weighted by molar-refractivity contribution is 0.588. The van der Waals surface area contributed by atoms with Gasteiger partial charge in [-0.25, -0.2) is 0 Å². The van der Waals surface area contributed by atoms with Crippen LogP contribution in [0.2, 0.25) is 5.02 Å². The number of fused-ring (bicyclic) bond motifs is 1. The van der Waals surface area contributed by atoms with E-state index in [9.17, 15) is 4.79 Å². The predicted octanol–water partition coefficient (Wildman–Crippen LogP) is 2.99. The largest absolute Gasteiger partial charge is 0.326 e. The first-order valence-electron chi connectivity index (χ1n) is 6.03. The molecular weight excluding hydrogens is 248 g/mol. The van der Waals surface area contributed by atoms with Gasteiger partial charge >= 0.3 is 0 Å². The van der Waals surface area contributed by atoms with Crippen LogP contribution in [0, 0.1) is 6.92 Å². The fourth-order valence-corrected chi connectivity index (χ4v) is 2.19. The topological polar surface area (TPSA) is 44.9 Å². The third-order valence-corrected chi connectivity index (χ3v) is 3.23. The van der Waals surface area contributed by atoms with Gasteiger partial charge < -0.3 is 10.3 Å². The fraction of sp³-hybridized carbons (Fsp3) is 0.357. The number of aromatic nitrogens is 1. The third kappa shape index (κ3) is 2.57. The van der Waals surface area contributed by atoms with Crippen molar-refractivity contribution in [3.8, 4) is 0 Å². The summed E-state index contributed by atoms with van der Waals surface area (Å²) in [5, 5.41) is 5.57. The van der Waals surface area contributed by atoms with Gasteiger partial charge in [-0.3, -0.25) is 4.79 Å². The van der Waals surface area contributed by atoms with Gasteiger partial charge in [-0.15, -0.1) is 0 Å². The van der Waals surface area contributed by atoms with E-state index >= 15 is 0 Å². The Morgan fingerprint density at radius 2 is 2.06 bits per heavy atom. The third-order valence-electron chi connectivity index (χ3n) is 2.99. The van der Waals surface area contributed by atoms with Crippen molar-refractivity contribution in [3.05, 3.63) is 44.8 Å². The van der Waals surface area contributed by atoms with Crippen LogP contribution in [0.5, 0.6) is 0 Å². The molecule has 4 heteroatoms. The number of hydrogen-bond acceptors (Lipinski definition) is 2. The summed E-state index contributed by atoms with van der Waals surface area (Å²) in [5.41, 5.74) is 1.94. The molecule has 2 N–H and O–H groups in total. The molecule has 2 aromatic rings. The average molecular weight is 265 g/mol. The molecule has 0 unspecified atom stereocenters. The molecule has 1 aromatic heterocycles. The van der Waals surface area contributed by atoms with Crippen LogP contribution < -0.4 is 10.9 Å². The average Bonchev–Trinajstić information content (AvgIpc) is 2.29. The lowest BCUT2D eigenvalue weighted by Gasteiger charge is -2.13. The molecule has 96 valence electrons. The molecule has 0 saturated heterocycles. The monoisotopic (exact) mass is 264 g/mol. The van der Waals surface area contributed by atoms with E-state index in [4.69, 9.17) is 11.6 Å². The molecule has 0 atom stereocenters. The maximum atomic E-state index is 11.9. The van der Waals surface area contributed by atoms with Crippen molar-refractivity contribution in [2.24, 2.45) is 0 Å². The van der Waals surface area contributed by atoms with E-state index in [1.54, 1.807) is 6.07 Å². The van der Waals surface area contributed by atoms with Crippen molar-refractivity contribution in [1.29, 1.82) is 0 Å². The molecule has 0 spiro atoms. The smallest absolute Gasteiger partial charge is 0.256 e. The van der Waals surface area contributed by atoms with Gasteiger partial charge in [0.2, 0.25) is 0 Å². The van der Waals surface area contributed by atoms with Crippen molar-refractivity contribution in [2.45, 2.75) is 33.4 Å². The molecule has 0 amide bonds. The highest BCUT2D eigenvalue weighted by molar-refractivity contribution is 6.31. The maximum Gasteiger partial charge on any atom is 0.256 e. The standard InChI is InChI=1S/C14H17ClN2O/c1-8(2)16-7-13-9(3)17-14(18)12-6-10(15)4-5-11(12)13/h4-6,8,16H,7H2,1-3H3,(H,17,18). The number of rotatable bonds is 3. The van der Waals surface area contributed by atoms with Crippen LogP contribution in [0.3, 0.4) is 0 Å². The van der Waals surface area contributed by atoms with Crippen LogP contribution >= 0.6 is 11.6 Å². The fourth-order valence-electron chi connectivity index (χ4n) is 2.02. The van der Waals surface area contributed by atoms with Crippen molar-refractivity contribution in [2.75, 3.05) is 0 Å². The van der Waals surface area contributed by atoms with E-state index in [0.29, 0.717) is 16.5 Å². The second-order valence-corrected chi connectivity index (χ2v) is 5.22. The molecule has 0 saturated carbocycles. The minimum atomic E-state index is -0.0849. The molecule has 0 aliphatic heterocycles. The Morgan fingerprint density at radius 1 is 1.33 bits per heavy atom. The van der Waals surface area contributed by atoms with Crippen LogP contribution in [0.25, 0.3) is 10.8 Å². The maximum absolute atomic E-state index is 11.9. The highest BCUT2D eigenvalue weighted by Crippen LogP contribution is 2.21. The minimum absolute atomic E-state index is 0.0849. The summed E-state index contributed by atoms with van der Waals surface area (Å²) in [6.45, 7) is 6.85. The van der Waals surface area contributed by atoms with Crippen molar-refractivity contribution in [1.82, 2.24) is 10.3 Å². The first kappa shape index (κ1) is 13.1. The van der Waals surface area contributed by atoms with Gasteiger partial charge in [-0.2, -0.15) is 0 Å². The number of H-pyrrole nitrogens is 1. The summed E-state index contributed by atoms with van der Waals surface area (Å²) in [7, 11) is 0. The quantitative estimate of drug-likeness (QED) is 0.895. The van der Waals surface area contributed by atoms with Gasteiger partial charge in [0, 0.05) is 28.7 Å². The van der Waals surface area contributed by atoms with Gasteiger partial charge in [-0.1, -0.05) is 31.5 Å².